The van der Waals surface area contributed by atoms with E-state index in [1.165, 1.54) is 170 Å². The summed E-state index contributed by atoms with van der Waals surface area (Å²) in [6.07, 6.45) is 24.0. The molecule has 0 radical (unpaired) electrons. The Morgan fingerprint density at radius 2 is 0.843 bits per heavy atom. The molecule has 4 nitrogen and oxygen atoms in total. The predicted octanol–water partition coefficient (Wildman–Crippen LogP) is 6.91. The Bertz CT molecular complexity index is 1630. The number of epoxide rings is 1. The monoisotopic (exact) mass is 1110 g/mol. The third kappa shape index (κ3) is 32.2. The molecule has 7 fully saturated rings. The van der Waals surface area contributed by atoms with Gasteiger partial charge in [0.1, 0.15) is 46.4 Å². The Labute approximate surface area is 482 Å². The summed E-state index contributed by atoms with van der Waals surface area (Å²) in [5.74, 6) is 15.3. The van der Waals surface area contributed by atoms with E-state index in [0.29, 0.717) is 17.8 Å². The Kier molecular flexibility index (Phi) is 49.8. The van der Waals surface area contributed by atoms with E-state index in [9.17, 15) is 4.79 Å². The van der Waals surface area contributed by atoms with Crippen molar-refractivity contribution in [3.63, 3.8) is 0 Å². The standard InChI is InChI=1S/C13H16O.2C11H15S.C7H7Cl.C6H10O.2C4H8S.2CH4.2ClH.Na.2H2O/c1-3-7-11(8-4-1)12-13(14-12)9-5-2-6-10-13;2*1-2-6-11(7-3-1)10-12-8-4-5-9-12;8-6-7-4-2-1-3-5-7;7-6-4-2-1-3-5-6;2*1-2-4-5-3-1;;;;;;;/h1,3-4,7-8,12H,2,5-6,9-10H2;2*1-3,6-7H,4-5,8-10H2;1-5H,6H2;1-5H2;2*1-4H2;2*1H4;2*1H;;2*1H2/q;2*+1;;;;;;;;;+1;;/p-3. The molecule has 1 spiro atoms. The maximum atomic E-state index is 10.5. The van der Waals surface area contributed by atoms with Crippen molar-refractivity contribution in [1.82, 2.24) is 0 Å². The van der Waals surface area contributed by atoms with Crippen molar-refractivity contribution in [2.24, 2.45) is 0 Å². The van der Waals surface area contributed by atoms with Gasteiger partial charge in [0, 0.05) is 29.8 Å². The predicted molar refractivity (Wildman–Crippen MR) is 305 cm³/mol. The molecule has 7 aliphatic rings. The zero-order chi connectivity index (χ0) is 43.9. The van der Waals surface area contributed by atoms with Gasteiger partial charge in [0.25, 0.3) is 0 Å². The second kappa shape index (κ2) is 47.2. The van der Waals surface area contributed by atoms with Gasteiger partial charge in [-0.25, -0.2) is 0 Å². The van der Waals surface area contributed by atoms with Crippen molar-refractivity contribution in [2.75, 3.05) is 46.0 Å². The molecule has 1 unspecified atom stereocenters. The van der Waals surface area contributed by atoms with Crippen LogP contribution in [-0.2, 0) is 48.7 Å². The zero-order valence-corrected chi connectivity index (χ0v) is 48.7. The average molecular weight is 1110 g/mol. The maximum absolute atomic E-state index is 10.5. The number of carbonyl (C=O) groups excluding carboxylic acids is 1. The minimum Gasteiger partial charge on any atom is -1.00 e. The molecule has 392 valence electrons. The summed E-state index contributed by atoms with van der Waals surface area (Å²) in [6.45, 7) is 0. The van der Waals surface area contributed by atoms with Crippen LogP contribution in [0.25, 0.3) is 0 Å². The van der Waals surface area contributed by atoms with E-state index >= 15 is 0 Å². The fraction of sp³-hybridized carbons (Fsp3) is 0.569. The Balaban J connectivity index is -0.000000756. The molecule has 5 aliphatic heterocycles. The minimum absolute atomic E-state index is 0. The number of benzene rings is 4. The Hall–Kier alpha value is -0.300. The molecule has 12 heteroatoms. The quantitative estimate of drug-likeness (QED) is 0.0907. The number of alkyl halides is 1. The second-order valence-electron chi connectivity index (χ2n) is 17.6. The number of rotatable bonds is 6. The maximum Gasteiger partial charge on any atom is 1.00 e. The average Bonchev–Trinajstić information content (AvgIpc) is 4.13. The van der Waals surface area contributed by atoms with E-state index in [2.05, 4.69) is 115 Å². The normalized spacial score (nSPS) is 18.8. The first-order valence-electron chi connectivity index (χ1n) is 24.5. The van der Waals surface area contributed by atoms with Crippen molar-refractivity contribution in [3.05, 3.63) is 144 Å². The van der Waals surface area contributed by atoms with Crippen molar-refractivity contribution in [1.29, 1.82) is 0 Å². The molecule has 0 aromatic heterocycles. The number of Topliss-reactive ketones (excluding diaryl/α,β-unsaturated/α-hetero) is 1. The molecule has 0 bridgehead atoms. The number of ether oxygens (including phenoxy) is 1. The summed E-state index contributed by atoms with van der Waals surface area (Å²) < 4.78 is 5.93. The molecular formula is C58H90Cl3NaO4S4. The fourth-order valence-corrected chi connectivity index (χ4v) is 15.6. The van der Waals surface area contributed by atoms with Crippen LogP contribution in [0, 0.1) is 0 Å². The van der Waals surface area contributed by atoms with Crippen LogP contribution in [0.4, 0.5) is 0 Å². The number of hydrogen-bond donors (Lipinski definition) is 0. The molecule has 5 saturated heterocycles. The molecule has 2 saturated carbocycles. The van der Waals surface area contributed by atoms with Gasteiger partial charge in [0.05, 0.1) is 5.60 Å². The van der Waals surface area contributed by atoms with Gasteiger partial charge in [-0.1, -0.05) is 162 Å². The largest absolute Gasteiger partial charge is 1.00 e. The van der Waals surface area contributed by atoms with E-state index in [4.69, 9.17) is 16.3 Å². The van der Waals surface area contributed by atoms with Crippen LogP contribution < -0.4 is 54.4 Å². The van der Waals surface area contributed by atoms with Gasteiger partial charge in [0.2, 0.25) is 0 Å². The molecule has 11 rings (SSSR count). The first kappa shape index (κ1) is 73.9. The first-order valence-corrected chi connectivity index (χ1v) is 30.8. The van der Waals surface area contributed by atoms with E-state index in [-0.39, 0.29) is 85.8 Å². The van der Waals surface area contributed by atoms with Crippen molar-refractivity contribution < 1.29 is 74.9 Å². The number of hydrogen-bond acceptors (Lipinski definition) is 5. The zero-order valence-electron chi connectivity index (χ0n) is 41.2. The van der Waals surface area contributed by atoms with Crippen LogP contribution in [-0.4, -0.2) is 68.4 Å². The van der Waals surface area contributed by atoms with Gasteiger partial charge in [0.15, 0.2) is 0 Å². The minimum atomic E-state index is 0. The SMILES string of the molecule is C.C.C1CCSC1.C1CCSC1.ClCc1ccccc1.O.O=C1CCCCC1.[Cl-].[Cl-].[Na+].[OH-].c1ccc(C2OC23CCCCC3)cc1.c1ccc(C[S+]2CCCC2)cc1.c1ccc(C[S+]2CCCC2)cc1. The first-order chi connectivity index (χ1) is 31.1. The summed E-state index contributed by atoms with van der Waals surface area (Å²) in [7, 11) is 1.44. The van der Waals surface area contributed by atoms with E-state index < -0.39 is 0 Å². The van der Waals surface area contributed by atoms with E-state index in [0.717, 1.165) is 47.5 Å². The number of ketones is 1. The van der Waals surface area contributed by atoms with Crippen LogP contribution in [0.5, 0.6) is 0 Å². The number of halogens is 3. The third-order valence-electron chi connectivity index (χ3n) is 12.3. The Morgan fingerprint density at radius 3 is 1.14 bits per heavy atom. The molecule has 4 aromatic carbocycles. The van der Waals surface area contributed by atoms with Crippen LogP contribution in [0.2, 0.25) is 0 Å². The molecule has 4 aromatic rings. The second-order valence-corrected chi connectivity index (χ2v) is 25.0. The number of thioether (sulfide) groups is 2. The van der Waals surface area contributed by atoms with Crippen LogP contribution >= 0.6 is 35.1 Å². The Morgan fingerprint density at radius 1 is 0.500 bits per heavy atom. The van der Waals surface area contributed by atoms with Gasteiger partial charge in [-0.15, -0.1) is 11.6 Å². The van der Waals surface area contributed by atoms with Crippen LogP contribution in [0.15, 0.2) is 121 Å². The molecular weight excluding hydrogens is 1020 g/mol. The summed E-state index contributed by atoms with van der Waals surface area (Å²) in [5, 5.41) is 0. The summed E-state index contributed by atoms with van der Waals surface area (Å²) >= 11 is 9.68. The van der Waals surface area contributed by atoms with Gasteiger partial charge in [-0.3, -0.25) is 4.79 Å². The molecule has 5 heterocycles. The smallest absolute Gasteiger partial charge is 1.00 e. The van der Waals surface area contributed by atoms with E-state index in [1.807, 2.05) is 30.3 Å². The van der Waals surface area contributed by atoms with Gasteiger partial charge in [-0.2, -0.15) is 23.5 Å². The van der Waals surface area contributed by atoms with E-state index in [1.54, 1.807) is 0 Å². The fourth-order valence-electron chi connectivity index (χ4n) is 8.60. The molecule has 3 N–H and O–H groups in total. The van der Waals surface area contributed by atoms with Crippen LogP contribution in [0.3, 0.4) is 0 Å². The van der Waals surface area contributed by atoms with Gasteiger partial charge >= 0.3 is 29.6 Å². The molecule has 1 atom stereocenters. The van der Waals surface area contributed by atoms with Gasteiger partial charge in [-0.05, 0) is 133 Å². The molecule has 0 amide bonds. The number of carbonyl (C=O) groups is 1. The van der Waals surface area contributed by atoms with Crippen LogP contribution in [0.1, 0.15) is 159 Å². The summed E-state index contributed by atoms with van der Waals surface area (Å²) in [5.41, 5.74) is 5.86. The summed E-state index contributed by atoms with van der Waals surface area (Å²) in [4.78, 5) is 10.5. The molecule has 70 heavy (non-hydrogen) atoms. The summed E-state index contributed by atoms with van der Waals surface area (Å²) in [6, 6.07) is 42.4. The van der Waals surface area contributed by atoms with Gasteiger partial charge < -0.3 is 40.5 Å². The third-order valence-corrected chi connectivity index (χ3v) is 19.9. The van der Waals surface area contributed by atoms with Crippen molar-refractivity contribution in [2.45, 2.75) is 160 Å². The topological polar surface area (TPSA) is 91.1 Å². The molecule has 2 aliphatic carbocycles. The van der Waals surface area contributed by atoms with Crippen molar-refractivity contribution in [3.8, 4) is 0 Å². The van der Waals surface area contributed by atoms with Crippen molar-refractivity contribution >= 4 is 62.7 Å².